The number of hydrogen-bond acceptors (Lipinski definition) is 6. The molecule has 2 aliphatic rings. The summed E-state index contributed by atoms with van der Waals surface area (Å²) in [6, 6.07) is 9.34. The molecule has 0 radical (unpaired) electrons. The molecule has 0 aliphatic carbocycles. The van der Waals surface area contributed by atoms with Crippen LogP contribution in [0.1, 0.15) is 31.2 Å². The summed E-state index contributed by atoms with van der Waals surface area (Å²) in [4.78, 5) is 9.20. The number of aromatic nitrogens is 3. The minimum absolute atomic E-state index is 0.352. The van der Waals surface area contributed by atoms with Gasteiger partial charge in [-0.2, -0.15) is 4.98 Å². The summed E-state index contributed by atoms with van der Waals surface area (Å²) >= 11 is 6.06. The molecule has 2 aromatic rings. The molecule has 4 rings (SSSR count). The second-order valence-corrected chi connectivity index (χ2v) is 8.28. The van der Waals surface area contributed by atoms with Crippen LogP contribution in [0.5, 0.6) is 0 Å². The molecule has 152 valence electrons. The van der Waals surface area contributed by atoms with Crippen LogP contribution < -0.4 is 10.6 Å². The number of nitrogens with one attached hydrogen (secondary N) is 1. The monoisotopic (exact) mass is 404 g/mol. The number of aromatic amines is 1. The summed E-state index contributed by atoms with van der Waals surface area (Å²) in [5.74, 6) is 1.09. The number of benzene rings is 1. The number of piperidine rings is 2. The van der Waals surface area contributed by atoms with Crippen LogP contribution in [-0.4, -0.2) is 65.0 Å². The molecule has 1 aromatic carbocycles. The van der Waals surface area contributed by atoms with Gasteiger partial charge in [-0.25, -0.2) is 5.10 Å². The van der Waals surface area contributed by atoms with E-state index in [9.17, 15) is 0 Å². The van der Waals surface area contributed by atoms with Crippen LogP contribution in [-0.2, 0) is 11.2 Å². The fraction of sp³-hybridized carbons (Fsp3) is 0.600. The number of likely N-dealkylation sites (tertiary alicyclic amines) is 1. The second kappa shape index (κ2) is 8.68. The molecular weight excluding hydrogens is 376 g/mol. The lowest BCUT2D eigenvalue weighted by Crippen LogP contribution is -2.54. The number of hydrogen-bond donors (Lipinski definition) is 2. The van der Waals surface area contributed by atoms with E-state index in [0.717, 1.165) is 56.8 Å². The first kappa shape index (κ1) is 19.5. The predicted octanol–water partition coefficient (Wildman–Crippen LogP) is 2.73. The third kappa shape index (κ3) is 4.42. The van der Waals surface area contributed by atoms with Crippen molar-refractivity contribution in [2.45, 2.75) is 50.3 Å². The molecule has 8 heteroatoms. The van der Waals surface area contributed by atoms with Gasteiger partial charge in [0, 0.05) is 43.9 Å². The highest BCUT2D eigenvalue weighted by atomic mass is 35.5. The molecule has 3 N–H and O–H groups in total. The summed E-state index contributed by atoms with van der Waals surface area (Å²) < 4.78 is 5.70. The van der Waals surface area contributed by atoms with E-state index in [-0.39, 0.29) is 0 Å². The first-order chi connectivity index (χ1) is 13.6. The largest absolute Gasteiger partial charge is 0.381 e. The predicted molar refractivity (Wildman–Crippen MR) is 112 cm³/mol. The van der Waals surface area contributed by atoms with Crippen molar-refractivity contribution in [3.05, 3.63) is 34.9 Å². The zero-order valence-corrected chi connectivity index (χ0v) is 17.1. The Hall–Kier alpha value is -1.83. The molecule has 0 unspecified atom stereocenters. The van der Waals surface area contributed by atoms with E-state index in [2.05, 4.69) is 37.1 Å². The van der Waals surface area contributed by atoms with E-state index >= 15 is 0 Å². The van der Waals surface area contributed by atoms with Crippen LogP contribution in [0, 0.1) is 0 Å². The highest BCUT2D eigenvalue weighted by molar-refractivity contribution is 6.30. The zero-order valence-electron chi connectivity index (χ0n) is 16.4. The Morgan fingerprint density at radius 2 is 1.93 bits per heavy atom. The van der Waals surface area contributed by atoms with E-state index in [4.69, 9.17) is 22.1 Å². The summed E-state index contributed by atoms with van der Waals surface area (Å²) in [5, 5.41) is 7.72. The van der Waals surface area contributed by atoms with Crippen LogP contribution in [0.15, 0.2) is 24.3 Å². The quantitative estimate of drug-likeness (QED) is 0.797. The molecule has 2 aliphatic heterocycles. The summed E-state index contributed by atoms with van der Waals surface area (Å²) in [5.41, 5.74) is 7.01. The van der Waals surface area contributed by atoms with Gasteiger partial charge in [0.1, 0.15) is 0 Å². The molecule has 2 atom stereocenters. The fourth-order valence-electron chi connectivity index (χ4n) is 4.62. The Labute approximate surface area is 171 Å². The lowest BCUT2D eigenvalue weighted by molar-refractivity contribution is -0.0111. The van der Waals surface area contributed by atoms with Crippen molar-refractivity contribution >= 4 is 23.5 Å². The molecule has 28 heavy (non-hydrogen) atoms. The zero-order chi connectivity index (χ0) is 19.5. The molecule has 0 spiro atoms. The molecule has 1 aromatic heterocycles. The second-order valence-electron chi connectivity index (χ2n) is 7.84. The Morgan fingerprint density at radius 1 is 1.18 bits per heavy atom. The van der Waals surface area contributed by atoms with E-state index in [1.165, 1.54) is 5.56 Å². The smallest absolute Gasteiger partial charge is 0.246 e. The topological polar surface area (TPSA) is 83.3 Å². The van der Waals surface area contributed by atoms with Crippen molar-refractivity contribution in [3.63, 3.8) is 0 Å². The van der Waals surface area contributed by atoms with E-state index < -0.39 is 0 Å². The Kier molecular flexibility index (Phi) is 6.04. The van der Waals surface area contributed by atoms with E-state index in [0.29, 0.717) is 30.1 Å². The number of halogens is 1. The fourth-order valence-corrected chi connectivity index (χ4v) is 4.75. The molecule has 0 bridgehead atoms. The Bertz CT molecular complexity index is 758. The molecule has 7 nitrogen and oxygen atoms in total. The third-order valence-corrected chi connectivity index (χ3v) is 6.39. The van der Waals surface area contributed by atoms with Gasteiger partial charge in [0.2, 0.25) is 11.9 Å². The Balaban J connectivity index is 1.41. The average molecular weight is 405 g/mol. The highest BCUT2D eigenvalue weighted by Gasteiger charge is 2.35. The van der Waals surface area contributed by atoms with Crippen LogP contribution in [0.25, 0.3) is 0 Å². The first-order valence-electron chi connectivity index (χ1n) is 10.1. The van der Waals surface area contributed by atoms with Gasteiger partial charge in [-0.3, -0.25) is 4.90 Å². The van der Waals surface area contributed by atoms with Gasteiger partial charge < -0.3 is 15.4 Å². The molecule has 0 amide bonds. The van der Waals surface area contributed by atoms with E-state index in [1.54, 1.807) is 0 Å². The van der Waals surface area contributed by atoms with Crippen molar-refractivity contribution in [1.82, 2.24) is 20.1 Å². The number of nitrogens with two attached hydrogens (primary N) is 1. The van der Waals surface area contributed by atoms with Crippen molar-refractivity contribution < 1.29 is 4.74 Å². The Morgan fingerprint density at radius 3 is 2.57 bits per heavy atom. The maximum Gasteiger partial charge on any atom is 0.246 e. The van der Waals surface area contributed by atoms with Crippen molar-refractivity contribution in [3.8, 4) is 0 Å². The molecule has 2 saturated heterocycles. The van der Waals surface area contributed by atoms with Crippen LogP contribution in [0.3, 0.4) is 0 Å². The SMILES string of the molecule is CO[C@@H]1CCN(C2CCN(c3n[nH]c(N)n3)CC2)[C@@H](Cc2ccc(Cl)cc2)C1. The average Bonchev–Trinajstić information content (AvgIpc) is 3.16. The third-order valence-electron chi connectivity index (χ3n) is 6.14. The van der Waals surface area contributed by atoms with Gasteiger partial charge in [-0.15, -0.1) is 5.10 Å². The van der Waals surface area contributed by atoms with Crippen molar-refractivity contribution in [1.29, 1.82) is 0 Å². The molecule has 0 saturated carbocycles. The standard InChI is InChI=1S/C20H29ClN6O/c1-28-18-8-11-27(17(13-18)12-14-2-4-15(21)5-3-14)16-6-9-26(10-7-16)20-23-19(22)24-25-20/h2-5,16-18H,6-13H2,1H3,(H3,22,23,24,25)/t17-,18+/m0/s1. The normalized spacial score (nSPS) is 24.6. The van der Waals surface area contributed by atoms with Crippen LogP contribution >= 0.6 is 11.6 Å². The molecule has 2 fully saturated rings. The van der Waals surface area contributed by atoms with Gasteiger partial charge in [0.05, 0.1) is 6.10 Å². The number of methoxy groups -OCH3 is 1. The number of anilines is 2. The minimum Gasteiger partial charge on any atom is -0.381 e. The number of ether oxygens (including phenoxy) is 1. The van der Waals surface area contributed by atoms with Gasteiger partial charge in [0.15, 0.2) is 0 Å². The summed E-state index contributed by atoms with van der Waals surface area (Å²) in [6.07, 6.45) is 5.80. The maximum atomic E-state index is 6.06. The van der Waals surface area contributed by atoms with Gasteiger partial charge in [-0.1, -0.05) is 23.7 Å². The van der Waals surface area contributed by atoms with Gasteiger partial charge in [0.25, 0.3) is 0 Å². The van der Waals surface area contributed by atoms with Crippen LogP contribution in [0.2, 0.25) is 5.02 Å². The van der Waals surface area contributed by atoms with Gasteiger partial charge in [-0.05, 0) is 49.8 Å². The maximum absolute atomic E-state index is 6.06. The lowest BCUT2D eigenvalue weighted by Gasteiger charge is -2.46. The highest BCUT2D eigenvalue weighted by Crippen LogP contribution is 2.29. The van der Waals surface area contributed by atoms with E-state index in [1.807, 2.05) is 19.2 Å². The van der Waals surface area contributed by atoms with Gasteiger partial charge >= 0.3 is 0 Å². The lowest BCUT2D eigenvalue weighted by atomic mass is 9.90. The number of nitrogen functional groups attached to an aromatic ring is 1. The number of nitrogens with zero attached hydrogens (tertiary/aromatic N) is 4. The molecule has 3 heterocycles. The first-order valence-corrected chi connectivity index (χ1v) is 10.5. The number of rotatable bonds is 5. The minimum atomic E-state index is 0.352. The summed E-state index contributed by atoms with van der Waals surface area (Å²) in [6.45, 7) is 3.01. The summed E-state index contributed by atoms with van der Waals surface area (Å²) in [7, 11) is 1.83. The van der Waals surface area contributed by atoms with Crippen LogP contribution in [0.4, 0.5) is 11.9 Å². The van der Waals surface area contributed by atoms with Crippen molar-refractivity contribution in [2.75, 3.05) is 37.4 Å². The van der Waals surface area contributed by atoms with Crippen molar-refractivity contribution in [2.24, 2.45) is 0 Å². The molecular formula is C20H29ClN6O. The number of H-pyrrole nitrogens is 1.